The molecule has 0 aromatic heterocycles. The molecule has 1 aromatic rings. The van der Waals surface area contributed by atoms with Crippen molar-refractivity contribution in [1.82, 2.24) is 0 Å². The van der Waals surface area contributed by atoms with Crippen molar-refractivity contribution >= 4 is 17.9 Å². The lowest BCUT2D eigenvalue weighted by Gasteiger charge is -2.03. The molecule has 1 nitrogen and oxygen atoms in total. The van der Waals surface area contributed by atoms with Crippen molar-refractivity contribution in [3.05, 3.63) is 34.3 Å². The van der Waals surface area contributed by atoms with E-state index in [-0.39, 0.29) is 0 Å². The van der Waals surface area contributed by atoms with E-state index in [1.807, 2.05) is 18.2 Å². The maximum absolute atomic E-state index is 10.3. The SMILES string of the molecule is CCCc1ccc(CC=O)cc1Cl. The van der Waals surface area contributed by atoms with Crippen LogP contribution < -0.4 is 0 Å². The van der Waals surface area contributed by atoms with E-state index < -0.39 is 0 Å². The molecule has 0 heterocycles. The van der Waals surface area contributed by atoms with Crippen molar-refractivity contribution in [2.24, 2.45) is 0 Å². The average Bonchev–Trinajstić information content (AvgIpc) is 2.10. The zero-order chi connectivity index (χ0) is 9.68. The molecule has 0 aliphatic rings. The van der Waals surface area contributed by atoms with Crippen LogP contribution in [0.5, 0.6) is 0 Å². The third-order valence-electron chi connectivity index (χ3n) is 1.96. The van der Waals surface area contributed by atoms with E-state index in [1.54, 1.807) is 0 Å². The van der Waals surface area contributed by atoms with Crippen LogP contribution in [0, 0.1) is 0 Å². The van der Waals surface area contributed by atoms with Gasteiger partial charge in [-0.25, -0.2) is 0 Å². The molecule has 0 radical (unpaired) electrons. The van der Waals surface area contributed by atoms with Crippen molar-refractivity contribution in [3.8, 4) is 0 Å². The molecule has 1 aromatic carbocycles. The minimum atomic E-state index is 0.451. The minimum absolute atomic E-state index is 0.451. The number of hydrogen-bond donors (Lipinski definition) is 0. The quantitative estimate of drug-likeness (QED) is 0.677. The van der Waals surface area contributed by atoms with Crippen LogP contribution in [-0.4, -0.2) is 6.29 Å². The van der Waals surface area contributed by atoms with Crippen LogP contribution >= 0.6 is 11.6 Å². The Balaban J connectivity index is 2.84. The van der Waals surface area contributed by atoms with E-state index in [9.17, 15) is 4.79 Å². The van der Waals surface area contributed by atoms with Gasteiger partial charge in [0.15, 0.2) is 0 Å². The van der Waals surface area contributed by atoms with Crippen LogP contribution in [0.4, 0.5) is 0 Å². The van der Waals surface area contributed by atoms with Gasteiger partial charge < -0.3 is 4.79 Å². The predicted molar refractivity (Wildman–Crippen MR) is 55.2 cm³/mol. The van der Waals surface area contributed by atoms with Gasteiger partial charge in [-0.3, -0.25) is 0 Å². The smallest absolute Gasteiger partial charge is 0.124 e. The van der Waals surface area contributed by atoms with Gasteiger partial charge in [0.2, 0.25) is 0 Å². The Morgan fingerprint density at radius 3 is 2.77 bits per heavy atom. The second-order valence-corrected chi connectivity index (χ2v) is 3.45. The fraction of sp³-hybridized carbons (Fsp3) is 0.364. The zero-order valence-corrected chi connectivity index (χ0v) is 8.47. The van der Waals surface area contributed by atoms with Gasteiger partial charge >= 0.3 is 0 Å². The van der Waals surface area contributed by atoms with Crippen molar-refractivity contribution in [2.45, 2.75) is 26.2 Å². The average molecular weight is 197 g/mol. The number of carbonyl (C=O) groups excluding carboxylic acids is 1. The number of aldehydes is 1. The lowest BCUT2D eigenvalue weighted by atomic mass is 10.1. The van der Waals surface area contributed by atoms with Gasteiger partial charge in [-0.15, -0.1) is 0 Å². The Morgan fingerprint density at radius 1 is 1.46 bits per heavy atom. The Labute approximate surface area is 83.7 Å². The highest BCUT2D eigenvalue weighted by Crippen LogP contribution is 2.19. The first-order valence-electron chi connectivity index (χ1n) is 4.49. The van der Waals surface area contributed by atoms with E-state index in [4.69, 9.17) is 11.6 Å². The summed E-state index contributed by atoms with van der Waals surface area (Å²) >= 11 is 6.03. The van der Waals surface area contributed by atoms with E-state index in [1.165, 1.54) is 5.56 Å². The maximum atomic E-state index is 10.3. The van der Waals surface area contributed by atoms with Crippen LogP contribution in [0.3, 0.4) is 0 Å². The topological polar surface area (TPSA) is 17.1 Å². The fourth-order valence-electron chi connectivity index (χ4n) is 1.29. The first kappa shape index (κ1) is 10.3. The molecule has 0 fully saturated rings. The van der Waals surface area contributed by atoms with Gasteiger partial charge in [0, 0.05) is 11.4 Å². The first-order valence-corrected chi connectivity index (χ1v) is 4.86. The maximum Gasteiger partial charge on any atom is 0.124 e. The molecule has 0 unspecified atom stereocenters. The number of rotatable bonds is 4. The van der Waals surface area contributed by atoms with E-state index in [2.05, 4.69) is 6.92 Å². The summed E-state index contributed by atoms with van der Waals surface area (Å²) in [5, 5.41) is 0.779. The molecular weight excluding hydrogens is 184 g/mol. The highest BCUT2D eigenvalue weighted by molar-refractivity contribution is 6.31. The van der Waals surface area contributed by atoms with Gasteiger partial charge in [-0.2, -0.15) is 0 Å². The predicted octanol–water partition coefficient (Wildman–Crippen LogP) is 3.03. The van der Waals surface area contributed by atoms with Crippen molar-refractivity contribution < 1.29 is 4.79 Å². The molecular formula is C11H13ClO. The molecule has 0 amide bonds. The van der Waals surface area contributed by atoms with Crippen LogP contribution in [0.25, 0.3) is 0 Å². The van der Waals surface area contributed by atoms with Crippen molar-refractivity contribution in [3.63, 3.8) is 0 Å². The lowest BCUT2D eigenvalue weighted by molar-refractivity contribution is -0.107. The number of benzene rings is 1. The van der Waals surface area contributed by atoms with Gasteiger partial charge in [0.25, 0.3) is 0 Å². The van der Waals surface area contributed by atoms with Crippen LogP contribution in [0.15, 0.2) is 18.2 Å². The first-order chi connectivity index (χ1) is 6.27. The molecule has 0 N–H and O–H groups in total. The molecule has 0 spiro atoms. The molecule has 0 saturated heterocycles. The van der Waals surface area contributed by atoms with Crippen LogP contribution in [0.1, 0.15) is 24.5 Å². The van der Waals surface area contributed by atoms with Gasteiger partial charge in [-0.1, -0.05) is 37.1 Å². The van der Waals surface area contributed by atoms with Gasteiger partial charge in [0.1, 0.15) is 6.29 Å². The molecule has 2 heteroatoms. The zero-order valence-electron chi connectivity index (χ0n) is 7.72. The highest BCUT2D eigenvalue weighted by Gasteiger charge is 2.00. The van der Waals surface area contributed by atoms with Crippen LogP contribution in [0.2, 0.25) is 5.02 Å². The summed E-state index contributed by atoms with van der Waals surface area (Å²) in [6.45, 7) is 2.12. The molecule has 0 aliphatic heterocycles. The van der Waals surface area contributed by atoms with Gasteiger partial charge in [0.05, 0.1) is 0 Å². The standard InChI is InChI=1S/C11H13ClO/c1-2-3-10-5-4-9(6-7-13)8-11(10)12/h4-5,7-8H,2-3,6H2,1H3. The molecule has 13 heavy (non-hydrogen) atoms. The summed E-state index contributed by atoms with van der Waals surface area (Å²) < 4.78 is 0. The largest absolute Gasteiger partial charge is 0.303 e. The summed E-state index contributed by atoms with van der Waals surface area (Å²) in [5.74, 6) is 0. The third kappa shape index (κ3) is 2.85. The normalized spacial score (nSPS) is 10.0. The molecule has 0 saturated carbocycles. The minimum Gasteiger partial charge on any atom is -0.303 e. The Morgan fingerprint density at radius 2 is 2.23 bits per heavy atom. The van der Waals surface area contributed by atoms with E-state index in [0.717, 1.165) is 29.7 Å². The van der Waals surface area contributed by atoms with Crippen LogP contribution in [-0.2, 0) is 17.6 Å². The summed E-state index contributed by atoms with van der Waals surface area (Å²) in [7, 11) is 0. The fourth-order valence-corrected chi connectivity index (χ4v) is 1.58. The van der Waals surface area contributed by atoms with E-state index >= 15 is 0 Å². The number of carbonyl (C=O) groups is 1. The molecule has 1 rings (SSSR count). The number of halogens is 1. The third-order valence-corrected chi connectivity index (χ3v) is 2.31. The summed E-state index contributed by atoms with van der Waals surface area (Å²) in [6, 6.07) is 5.84. The van der Waals surface area contributed by atoms with Gasteiger partial charge in [-0.05, 0) is 23.6 Å². The number of hydrogen-bond acceptors (Lipinski definition) is 1. The molecule has 0 aliphatic carbocycles. The second kappa shape index (κ2) is 5.03. The highest BCUT2D eigenvalue weighted by atomic mass is 35.5. The molecule has 0 bridgehead atoms. The van der Waals surface area contributed by atoms with E-state index in [0.29, 0.717) is 6.42 Å². The number of aryl methyl sites for hydroxylation is 1. The Kier molecular flexibility index (Phi) is 3.97. The monoisotopic (exact) mass is 196 g/mol. The Bertz CT molecular complexity index is 294. The lowest BCUT2D eigenvalue weighted by Crippen LogP contribution is -1.89. The summed E-state index contributed by atoms with van der Waals surface area (Å²) in [5.41, 5.74) is 2.15. The summed E-state index contributed by atoms with van der Waals surface area (Å²) in [6.07, 6.45) is 3.43. The molecule has 0 atom stereocenters. The second-order valence-electron chi connectivity index (χ2n) is 3.05. The van der Waals surface area contributed by atoms with Crippen molar-refractivity contribution in [2.75, 3.05) is 0 Å². The van der Waals surface area contributed by atoms with Crippen molar-refractivity contribution in [1.29, 1.82) is 0 Å². The summed E-state index contributed by atoms with van der Waals surface area (Å²) in [4.78, 5) is 10.3. The molecule has 70 valence electrons. The Hall–Kier alpha value is -0.820.